The van der Waals surface area contributed by atoms with Crippen molar-refractivity contribution in [3.63, 3.8) is 0 Å². The van der Waals surface area contributed by atoms with E-state index in [2.05, 4.69) is 35.8 Å². The van der Waals surface area contributed by atoms with Crippen LogP contribution < -0.4 is 20.9 Å². The van der Waals surface area contributed by atoms with E-state index in [4.69, 9.17) is 10.1 Å². The topological polar surface area (TPSA) is 145 Å². The Bertz CT molecular complexity index is 1210. The minimum absolute atomic E-state index is 0.0563. The van der Waals surface area contributed by atoms with Crippen LogP contribution in [0.15, 0.2) is 49.1 Å². The van der Waals surface area contributed by atoms with Crippen LogP contribution in [0.25, 0.3) is 11.3 Å². The molecule has 0 saturated carbocycles. The van der Waals surface area contributed by atoms with Crippen LogP contribution in [-0.2, 0) is 9.59 Å². The van der Waals surface area contributed by atoms with Crippen LogP contribution in [0.4, 0.5) is 23.1 Å². The predicted octanol–water partition coefficient (Wildman–Crippen LogP) is 2.92. The van der Waals surface area contributed by atoms with Gasteiger partial charge in [-0.25, -0.2) is 15.0 Å². The second kappa shape index (κ2) is 11.1. The van der Waals surface area contributed by atoms with Gasteiger partial charge in [0.2, 0.25) is 5.91 Å². The molecule has 1 aliphatic rings. The lowest BCUT2D eigenvalue weighted by Crippen LogP contribution is -2.43. The summed E-state index contributed by atoms with van der Waals surface area (Å²) in [5.74, 6) is 0.694. The molecule has 36 heavy (non-hydrogen) atoms. The van der Waals surface area contributed by atoms with E-state index in [1.165, 1.54) is 0 Å². The normalized spacial score (nSPS) is 13.8. The smallest absolute Gasteiger partial charge is 0.303 e. The Hall–Kier alpha value is -4.12. The maximum absolute atomic E-state index is 12.9. The fourth-order valence-electron chi connectivity index (χ4n) is 4.08. The first-order valence-electron chi connectivity index (χ1n) is 11.8. The molecule has 4 rings (SSSR count). The number of hydrogen-bond acceptors (Lipinski definition) is 9. The van der Waals surface area contributed by atoms with Crippen LogP contribution >= 0.6 is 0 Å². The highest BCUT2D eigenvalue weighted by molar-refractivity contribution is 5.95. The molecular weight excluding hydrogens is 460 g/mol. The minimum atomic E-state index is -0.938. The van der Waals surface area contributed by atoms with Gasteiger partial charge in [-0.2, -0.15) is 0 Å². The molecule has 0 bridgehead atoms. The summed E-state index contributed by atoms with van der Waals surface area (Å²) < 4.78 is 0. The lowest BCUT2D eigenvalue weighted by Gasteiger charge is -2.28. The molecule has 0 radical (unpaired) electrons. The maximum Gasteiger partial charge on any atom is 0.303 e. The molecule has 0 atom stereocenters. The zero-order valence-corrected chi connectivity index (χ0v) is 20.4. The van der Waals surface area contributed by atoms with E-state index in [1.807, 2.05) is 12.1 Å². The molecule has 11 heteroatoms. The third-order valence-corrected chi connectivity index (χ3v) is 5.72. The van der Waals surface area contributed by atoms with Gasteiger partial charge in [-0.3, -0.25) is 14.6 Å². The van der Waals surface area contributed by atoms with Gasteiger partial charge < -0.3 is 26.0 Å². The molecule has 0 spiro atoms. The average Bonchev–Trinajstić information content (AvgIpc) is 2.85. The van der Waals surface area contributed by atoms with E-state index in [1.54, 1.807) is 50.8 Å². The van der Waals surface area contributed by atoms with Crippen molar-refractivity contribution in [1.29, 1.82) is 0 Å². The summed E-state index contributed by atoms with van der Waals surface area (Å²) in [4.78, 5) is 43.9. The number of hydrogen-bond donors (Lipinski definition) is 4. The number of nitrogens with one attached hydrogen (secondary N) is 3. The molecule has 3 aromatic heterocycles. The van der Waals surface area contributed by atoms with Crippen LogP contribution in [0.5, 0.6) is 0 Å². The Balaban J connectivity index is 1.64. The number of anilines is 4. The molecule has 0 unspecified atom stereocenters. The van der Waals surface area contributed by atoms with Gasteiger partial charge in [0, 0.05) is 56.8 Å². The number of carboxylic acids is 1. The molecule has 11 nitrogen and oxygen atoms in total. The SMILES string of the molecule is CC(C)(CC(=O)O)CC(=O)Nc1ccc(Nc2cnccn2)nc1-c1ccnc(N2CCNCC2)c1. The molecule has 1 saturated heterocycles. The highest BCUT2D eigenvalue weighted by Crippen LogP contribution is 2.32. The van der Waals surface area contributed by atoms with E-state index in [0.717, 1.165) is 37.6 Å². The van der Waals surface area contributed by atoms with Crippen molar-refractivity contribution in [1.82, 2.24) is 25.3 Å². The van der Waals surface area contributed by atoms with Crippen molar-refractivity contribution < 1.29 is 14.7 Å². The second-order valence-corrected chi connectivity index (χ2v) is 9.41. The molecule has 3 aromatic rings. The van der Waals surface area contributed by atoms with Crippen molar-refractivity contribution >= 4 is 35.0 Å². The monoisotopic (exact) mass is 490 g/mol. The van der Waals surface area contributed by atoms with Crippen LogP contribution in [0.1, 0.15) is 26.7 Å². The number of carboxylic acid groups (broad SMARTS) is 1. The van der Waals surface area contributed by atoms with Crippen molar-refractivity contribution in [2.24, 2.45) is 5.41 Å². The number of carbonyl (C=O) groups is 2. The molecular formula is C25H30N8O3. The standard InChI is InChI=1S/C25H30N8O3/c1-25(2,15-23(35)36)14-22(34)30-18-3-4-19(31-20-16-27-7-8-28-20)32-24(18)17-5-6-29-21(13-17)33-11-9-26-10-12-33/h3-8,13,16,26H,9-12,14-15H2,1-2H3,(H,30,34)(H,35,36)(H,28,31,32). The first-order valence-corrected chi connectivity index (χ1v) is 11.8. The number of aliphatic carboxylic acids is 1. The predicted molar refractivity (Wildman–Crippen MR) is 137 cm³/mol. The third-order valence-electron chi connectivity index (χ3n) is 5.72. The van der Waals surface area contributed by atoms with Crippen LogP contribution in [-0.4, -0.2) is 63.1 Å². The van der Waals surface area contributed by atoms with Gasteiger partial charge in [0.25, 0.3) is 0 Å². The van der Waals surface area contributed by atoms with Crippen molar-refractivity contribution in [3.05, 3.63) is 49.1 Å². The molecule has 1 fully saturated rings. The molecule has 0 aliphatic carbocycles. The van der Waals surface area contributed by atoms with Crippen LogP contribution in [0.2, 0.25) is 0 Å². The Morgan fingerprint density at radius 2 is 1.86 bits per heavy atom. The second-order valence-electron chi connectivity index (χ2n) is 9.41. The summed E-state index contributed by atoms with van der Waals surface area (Å²) in [6, 6.07) is 7.33. The Kier molecular flexibility index (Phi) is 7.69. The molecule has 4 N–H and O–H groups in total. The highest BCUT2D eigenvalue weighted by atomic mass is 16.4. The largest absolute Gasteiger partial charge is 0.481 e. The zero-order valence-electron chi connectivity index (χ0n) is 20.4. The third kappa shape index (κ3) is 6.72. The van der Waals surface area contributed by atoms with E-state index >= 15 is 0 Å². The van der Waals surface area contributed by atoms with E-state index in [9.17, 15) is 9.59 Å². The van der Waals surface area contributed by atoms with Gasteiger partial charge in [0.1, 0.15) is 17.5 Å². The fourth-order valence-corrected chi connectivity index (χ4v) is 4.08. The number of rotatable bonds is 9. The molecule has 188 valence electrons. The summed E-state index contributed by atoms with van der Waals surface area (Å²) in [5.41, 5.74) is 1.19. The summed E-state index contributed by atoms with van der Waals surface area (Å²) in [7, 11) is 0. The average molecular weight is 491 g/mol. The Morgan fingerprint density at radius 1 is 1.06 bits per heavy atom. The summed E-state index contributed by atoms with van der Waals surface area (Å²) in [5, 5.41) is 18.6. The van der Waals surface area contributed by atoms with E-state index in [-0.39, 0.29) is 18.7 Å². The number of aromatic nitrogens is 4. The maximum atomic E-state index is 12.9. The van der Waals surface area contributed by atoms with Crippen molar-refractivity contribution in [2.45, 2.75) is 26.7 Å². The van der Waals surface area contributed by atoms with Gasteiger partial charge in [-0.15, -0.1) is 0 Å². The first kappa shape index (κ1) is 25.0. The van der Waals surface area contributed by atoms with Crippen molar-refractivity contribution in [2.75, 3.05) is 41.7 Å². The molecule has 0 aromatic carbocycles. The summed E-state index contributed by atoms with van der Waals surface area (Å²) >= 11 is 0. The van der Waals surface area contributed by atoms with Crippen LogP contribution in [0.3, 0.4) is 0 Å². The van der Waals surface area contributed by atoms with Gasteiger partial charge in [-0.1, -0.05) is 13.8 Å². The lowest BCUT2D eigenvalue weighted by molar-refractivity contribution is -0.139. The lowest BCUT2D eigenvalue weighted by atomic mass is 9.85. The molecule has 4 heterocycles. The Labute approximate surface area is 209 Å². The Morgan fingerprint density at radius 3 is 2.58 bits per heavy atom. The number of pyridine rings is 2. The van der Waals surface area contributed by atoms with E-state index < -0.39 is 11.4 Å². The minimum Gasteiger partial charge on any atom is -0.481 e. The number of amides is 1. The van der Waals surface area contributed by atoms with Gasteiger partial charge in [-0.05, 0) is 29.7 Å². The first-order chi connectivity index (χ1) is 17.3. The zero-order chi connectivity index (χ0) is 25.5. The molecule has 1 aliphatic heterocycles. The van der Waals surface area contributed by atoms with Crippen molar-refractivity contribution in [3.8, 4) is 11.3 Å². The van der Waals surface area contributed by atoms with Gasteiger partial charge >= 0.3 is 5.97 Å². The number of piperazine rings is 1. The van der Waals surface area contributed by atoms with E-state index in [0.29, 0.717) is 23.0 Å². The van der Waals surface area contributed by atoms with Gasteiger partial charge in [0.05, 0.1) is 24.0 Å². The highest BCUT2D eigenvalue weighted by Gasteiger charge is 2.26. The quantitative estimate of drug-likeness (QED) is 0.353. The van der Waals surface area contributed by atoms with Gasteiger partial charge in [0.15, 0.2) is 0 Å². The summed E-state index contributed by atoms with van der Waals surface area (Å²) in [6.07, 6.45) is 6.45. The van der Waals surface area contributed by atoms with Crippen LogP contribution in [0, 0.1) is 5.41 Å². The molecule has 1 amide bonds. The summed E-state index contributed by atoms with van der Waals surface area (Å²) in [6.45, 7) is 6.98. The number of carbonyl (C=O) groups excluding carboxylic acids is 1. The fraction of sp³-hybridized carbons (Fsp3) is 0.360. The number of nitrogens with zero attached hydrogens (tertiary/aromatic N) is 5.